The van der Waals surface area contributed by atoms with E-state index in [1.54, 1.807) is 0 Å². The van der Waals surface area contributed by atoms with Crippen LogP contribution in [0.5, 0.6) is 0 Å². The van der Waals surface area contributed by atoms with Gasteiger partial charge in [0.15, 0.2) is 0 Å². The topological polar surface area (TPSA) is 12.0 Å². The third kappa shape index (κ3) is 3.24. The number of nitrogens with one attached hydrogen (secondary N) is 1. The van der Waals surface area contributed by atoms with Crippen molar-refractivity contribution in [2.45, 2.75) is 38.3 Å². The van der Waals surface area contributed by atoms with Crippen LogP contribution in [0.25, 0.3) is 0 Å². The van der Waals surface area contributed by atoms with Gasteiger partial charge in [-0.3, -0.25) is 0 Å². The summed E-state index contributed by atoms with van der Waals surface area (Å²) in [5.41, 5.74) is 4.26. The number of hydrogen-bond donors (Lipinski definition) is 1. The van der Waals surface area contributed by atoms with E-state index in [1.165, 1.54) is 29.5 Å². The van der Waals surface area contributed by atoms with Gasteiger partial charge in [-0.15, -0.1) is 0 Å². The second-order valence-electron chi connectivity index (χ2n) is 5.53. The zero-order valence-corrected chi connectivity index (χ0v) is 11.5. The molecule has 0 spiro atoms. The smallest absolute Gasteiger partial charge is 0.0294 e. The summed E-state index contributed by atoms with van der Waals surface area (Å²) in [6.07, 6.45) is 2.74. The molecule has 0 bridgehead atoms. The first-order chi connectivity index (χ1) is 9.33. The lowest BCUT2D eigenvalue weighted by molar-refractivity contribution is 0.574. The first-order valence-corrected chi connectivity index (χ1v) is 7.20. The van der Waals surface area contributed by atoms with Crippen LogP contribution in [0.4, 0.5) is 0 Å². The number of benzene rings is 2. The van der Waals surface area contributed by atoms with E-state index in [0.29, 0.717) is 6.04 Å². The Kier molecular flexibility index (Phi) is 3.65. The van der Waals surface area contributed by atoms with Crippen LogP contribution in [0.2, 0.25) is 0 Å². The Morgan fingerprint density at radius 3 is 2.58 bits per heavy atom. The van der Waals surface area contributed by atoms with Crippen LogP contribution >= 0.6 is 0 Å². The first-order valence-electron chi connectivity index (χ1n) is 7.20. The molecule has 0 amide bonds. The van der Waals surface area contributed by atoms with Crippen molar-refractivity contribution in [3.8, 4) is 0 Å². The van der Waals surface area contributed by atoms with Gasteiger partial charge in [0.2, 0.25) is 0 Å². The summed E-state index contributed by atoms with van der Waals surface area (Å²) in [4.78, 5) is 0. The van der Waals surface area contributed by atoms with E-state index in [9.17, 15) is 0 Å². The lowest BCUT2D eigenvalue weighted by Crippen LogP contribution is -2.18. The molecule has 2 aromatic rings. The van der Waals surface area contributed by atoms with Crippen LogP contribution in [0.15, 0.2) is 54.6 Å². The molecular weight excluding hydrogens is 230 g/mol. The standard InChI is InChI=1S/C18H21N/c1-14(16-7-3-2-4-8-16)19-13-15-6-5-9-18(12-15)17-10-11-17/h2-9,12,14,17,19H,10-11,13H2,1H3/t14-/m0/s1. The van der Waals surface area contributed by atoms with E-state index in [2.05, 4.69) is 66.8 Å². The average molecular weight is 251 g/mol. The molecule has 0 radical (unpaired) electrons. The van der Waals surface area contributed by atoms with Gasteiger partial charge < -0.3 is 5.32 Å². The normalized spacial score (nSPS) is 16.3. The van der Waals surface area contributed by atoms with Gasteiger partial charge in [-0.05, 0) is 42.4 Å². The fraction of sp³-hybridized carbons (Fsp3) is 0.333. The summed E-state index contributed by atoms with van der Waals surface area (Å²) in [6.45, 7) is 3.16. The lowest BCUT2D eigenvalue weighted by atomic mass is 10.1. The Hall–Kier alpha value is -1.60. The molecule has 2 aromatic carbocycles. The fourth-order valence-electron chi connectivity index (χ4n) is 2.50. The number of rotatable bonds is 5. The molecule has 0 aromatic heterocycles. The van der Waals surface area contributed by atoms with Crippen LogP contribution in [0, 0.1) is 0 Å². The Morgan fingerprint density at radius 1 is 1.05 bits per heavy atom. The lowest BCUT2D eigenvalue weighted by Gasteiger charge is -2.14. The molecular formula is C18H21N. The average Bonchev–Trinajstić information content (AvgIpc) is 3.31. The Labute approximate surface area is 115 Å². The van der Waals surface area contributed by atoms with E-state index in [0.717, 1.165) is 12.5 Å². The van der Waals surface area contributed by atoms with Gasteiger partial charge in [-0.2, -0.15) is 0 Å². The highest BCUT2D eigenvalue weighted by Gasteiger charge is 2.23. The Bertz CT molecular complexity index is 528. The second kappa shape index (κ2) is 5.58. The van der Waals surface area contributed by atoms with E-state index in [-0.39, 0.29) is 0 Å². The monoisotopic (exact) mass is 251 g/mol. The fourth-order valence-corrected chi connectivity index (χ4v) is 2.50. The van der Waals surface area contributed by atoms with Crippen molar-refractivity contribution in [2.75, 3.05) is 0 Å². The molecule has 19 heavy (non-hydrogen) atoms. The molecule has 1 saturated carbocycles. The van der Waals surface area contributed by atoms with Crippen molar-refractivity contribution >= 4 is 0 Å². The minimum atomic E-state index is 0.394. The second-order valence-corrected chi connectivity index (χ2v) is 5.53. The van der Waals surface area contributed by atoms with Crippen LogP contribution in [-0.4, -0.2) is 0 Å². The van der Waals surface area contributed by atoms with Crippen molar-refractivity contribution < 1.29 is 0 Å². The van der Waals surface area contributed by atoms with Gasteiger partial charge in [0.1, 0.15) is 0 Å². The van der Waals surface area contributed by atoms with Crippen molar-refractivity contribution in [1.82, 2.24) is 5.32 Å². The predicted octanol–water partition coefficient (Wildman–Crippen LogP) is 4.41. The maximum absolute atomic E-state index is 3.60. The predicted molar refractivity (Wildman–Crippen MR) is 80.1 cm³/mol. The van der Waals surface area contributed by atoms with E-state index in [1.807, 2.05) is 0 Å². The highest BCUT2D eigenvalue weighted by Crippen LogP contribution is 2.40. The Morgan fingerprint density at radius 2 is 1.84 bits per heavy atom. The van der Waals surface area contributed by atoms with E-state index in [4.69, 9.17) is 0 Å². The van der Waals surface area contributed by atoms with Gasteiger partial charge in [-0.1, -0.05) is 54.6 Å². The quantitative estimate of drug-likeness (QED) is 0.829. The molecule has 0 heterocycles. The van der Waals surface area contributed by atoms with Crippen molar-refractivity contribution in [1.29, 1.82) is 0 Å². The molecule has 0 saturated heterocycles. The minimum absolute atomic E-state index is 0.394. The summed E-state index contributed by atoms with van der Waals surface area (Å²) >= 11 is 0. The van der Waals surface area contributed by atoms with Gasteiger partial charge >= 0.3 is 0 Å². The van der Waals surface area contributed by atoms with E-state index >= 15 is 0 Å². The number of hydrogen-bond acceptors (Lipinski definition) is 1. The summed E-state index contributed by atoms with van der Waals surface area (Å²) in [5, 5.41) is 3.60. The molecule has 1 aliphatic rings. The summed E-state index contributed by atoms with van der Waals surface area (Å²) in [5.74, 6) is 0.839. The van der Waals surface area contributed by atoms with Crippen LogP contribution < -0.4 is 5.32 Å². The van der Waals surface area contributed by atoms with Gasteiger partial charge in [-0.25, -0.2) is 0 Å². The molecule has 1 aliphatic carbocycles. The molecule has 1 atom stereocenters. The molecule has 0 aliphatic heterocycles. The van der Waals surface area contributed by atoms with E-state index < -0.39 is 0 Å². The maximum Gasteiger partial charge on any atom is 0.0294 e. The Balaban J connectivity index is 1.61. The summed E-state index contributed by atoms with van der Waals surface area (Å²) in [7, 11) is 0. The molecule has 1 fully saturated rings. The molecule has 3 rings (SSSR count). The van der Waals surface area contributed by atoms with Crippen LogP contribution in [0.3, 0.4) is 0 Å². The van der Waals surface area contributed by atoms with Crippen molar-refractivity contribution in [3.63, 3.8) is 0 Å². The largest absolute Gasteiger partial charge is 0.306 e. The zero-order valence-electron chi connectivity index (χ0n) is 11.5. The van der Waals surface area contributed by atoms with Crippen LogP contribution in [0.1, 0.15) is 48.4 Å². The molecule has 1 N–H and O–H groups in total. The molecule has 0 unspecified atom stereocenters. The van der Waals surface area contributed by atoms with Crippen molar-refractivity contribution in [2.24, 2.45) is 0 Å². The first kappa shape index (κ1) is 12.4. The van der Waals surface area contributed by atoms with Crippen molar-refractivity contribution in [3.05, 3.63) is 71.3 Å². The van der Waals surface area contributed by atoms with Crippen LogP contribution in [-0.2, 0) is 6.54 Å². The third-order valence-electron chi connectivity index (χ3n) is 3.91. The SMILES string of the molecule is C[C@H](NCc1cccc(C2CC2)c1)c1ccccc1. The molecule has 1 nitrogen and oxygen atoms in total. The minimum Gasteiger partial charge on any atom is -0.306 e. The van der Waals surface area contributed by atoms with Gasteiger partial charge in [0, 0.05) is 12.6 Å². The molecule has 98 valence electrons. The highest BCUT2D eigenvalue weighted by atomic mass is 14.9. The summed E-state index contributed by atoms with van der Waals surface area (Å²) < 4.78 is 0. The van der Waals surface area contributed by atoms with Gasteiger partial charge in [0.05, 0.1) is 0 Å². The molecule has 1 heteroatoms. The van der Waals surface area contributed by atoms with Gasteiger partial charge in [0.25, 0.3) is 0 Å². The third-order valence-corrected chi connectivity index (χ3v) is 3.91. The maximum atomic E-state index is 3.60. The zero-order chi connectivity index (χ0) is 13.1. The highest BCUT2D eigenvalue weighted by molar-refractivity contribution is 5.29. The summed E-state index contributed by atoms with van der Waals surface area (Å²) in [6, 6.07) is 20.1.